The van der Waals surface area contributed by atoms with Gasteiger partial charge in [-0.25, -0.2) is 4.79 Å². The standard InChI is InChI=1S/C26H26BrN3O3/c1-16-12-19(27)6-9-22(16)30-26(31)29-20-7-4-17(5-8-20)13-23-21-15-25(33-3)24(32-2)14-18(21)10-11-28-23/h4-9,12,14-15H,10-11,13H2,1-3H3,(H2,29,30,31). The second-order valence-electron chi connectivity index (χ2n) is 7.85. The average molecular weight is 508 g/mol. The van der Waals surface area contributed by atoms with Crippen molar-refractivity contribution in [2.75, 3.05) is 31.4 Å². The topological polar surface area (TPSA) is 72.0 Å². The van der Waals surface area contributed by atoms with Gasteiger partial charge in [0.25, 0.3) is 0 Å². The van der Waals surface area contributed by atoms with Crippen molar-refractivity contribution in [3.8, 4) is 11.5 Å². The van der Waals surface area contributed by atoms with Crippen LogP contribution in [-0.4, -0.2) is 32.5 Å². The monoisotopic (exact) mass is 507 g/mol. The molecular weight excluding hydrogens is 482 g/mol. The lowest BCUT2D eigenvalue weighted by atomic mass is 9.93. The molecular formula is C26H26BrN3O3. The van der Waals surface area contributed by atoms with E-state index in [1.165, 1.54) is 5.56 Å². The summed E-state index contributed by atoms with van der Waals surface area (Å²) in [5.74, 6) is 1.45. The number of nitrogens with one attached hydrogen (secondary N) is 2. The molecule has 33 heavy (non-hydrogen) atoms. The lowest BCUT2D eigenvalue weighted by molar-refractivity contribution is 0.262. The Bertz CT molecular complexity index is 1210. The molecule has 2 N–H and O–H groups in total. The first-order valence-electron chi connectivity index (χ1n) is 10.7. The Balaban J connectivity index is 1.43. The summed E-state index contributed by atoms with van der Waals surface area (Å²) >= 11 is 3.43. The fourth-order valence-electron chi connectivity index (χ4n) is 3.90. The van der Waals surface area contributed by atoms with Gasteiger partial charge >= 0.3 is 6.03 Å². The minimum absolute atomic E-state index is 0.278. The van der Waals surface area contributed by atoms with Crippen molar-refractivity contribution in [2.45, 2.75) is 19.8 Å². The molecule has 0 aliphatic carbocycles. The highest BCUT2D eigenvalue weighted by molar-refractivity contribution is 9.10. The number of hydrogen-bond acceptors (Lipinski definition) is 4. The van der Waals surface area contributed by atoms with Crippen LogP contribution in [0.5, 0.6) is 11.5 Å². The van der Waals surface area contributed by atoms with Crippen LogP contribution < -0.4 is 20.1 Å². The molecule has 0 bridgehead atoms. The maximum absolute atomic E-state index is 12.4. The quantitative estimate of drug-likeness (QED) is 0.429. The number of urea groups is 1. The number of amides is 2. The summed E-state index contributed by atoms with van der Waals surface area (Å²) in [6, 6.07) is 17.3. The molecule has 1 aliphatic rings. The molecule has 0 fully saturated rings. The van der Waals surface area contributed by atoms with Crippen molar-refractivity contribution in [1.29, 1.82) is 0 Å². The third-order valence-electron chi connectivity index (χ3n) is 5.62. The van der Waals surface area contributed by atoms with Crippen LogP contribution in [0.1, 0.15) is 22.3 Å². The van der Waals surface area contributed by atoms with E-state index in [4.69, 9.17) is 14.5 Å². The van der Waals surface area contributed by atoms with E-state index in [1.54, 1.807) is 14.2 Å². The number of benzene rings is 3. The zero-order chi connectivity index (χ0) is 23.4. The number of carbonyl (C=O) groups excluding carboxylic acids is 1. The number of fused-ring (bicyclic) bond motifs is 1. The van der Waals surface area contributed by atoms with Gasteiger partial charge in [0, 0.05) is 40.1 Å². The van der Waals surface area contributed by atoms with E-state index in [2.05, 4.69) is 26.6 Å². The number of halogens is 1. The molecule has 0 spiro atoms. The van der Waals surface area contributed by atoms with Crippen LogP contribution in [0.3, 0.4) is 0 Å². The molecule has 6 nitrogen and oxygen atoms in total. The van der Waals surface area contributed by atoms with Gasteiger partial charge in [-0.2, -0.15) is 0 Å². The SMILES string of the molecule is COc1cc2c(cc1OC)C(Cc1ccc(NC(=O)Nc3ccc(Br)cc3C)cc1)=NCC2. The van der Waals surface area contributed by atoms with Gasteiger partial charge in [0.2, 0.25) is 0 Å². The Kier molecular flexibility index (Phi) is 6.99. The molecule has 1 heterocycles. The number of anilines is 2. The molecule has 4 rings (SSSR count). The fourth-order valence-corrected chi connectivity index (χ4v) is 4.37. The van der Waals surface area contributed by atoms with Crippen molar-refractivity contribution >= 4 is 39.0 Å². The van der Waals surface area contributed by atoms with Crippen molar-refractivity contribution in [3.05, 3.63) is 81.3 Å². The molecule has 2 amide bonds. The van der Waals surface area contributed by atoms with Crippen LogP contribution in [0.4, 0.5) is 16.2 Å². The second-order valence-corrected chi connectivity index (χ2v) is 8.77. The summed E-state index contributed by atoms with van der Waals surface area (Å²) in [4.78, 5) is 17.2. The molecule has 7 heteroatoms. The molecule has 3 aromatic carbocycles. The van der Waals surface area contributed by atoms with E-state index in [0.29, 0.717) is 12.2 Å². The number of hydrogen-bond donors (Lipinski definition) is 2. The van der Waals surface area contributed by atoms with Crippen LogP contribution in [-0.2, 0) is 12.8 Å². The second kappa shape index (κ2) is 10.1. The van der Waals surface area contributed by atoms with Crippen molar-refractivity contribution in [2.24, 2.45) is 4.99 Å². The molecule has 170 valence electrons. The Morgan fingerprint density at radius 1 is 1.00 bits per heavy atom. The van der Waals surface area contributed by atoms with Crippen LogP contribution in [0.25, 0.3) is 0 Å². The summed E-state index contributed by atoms with van der Waals surface area (Å²) in [7, 11) is 3.29. The van der Waals surface area contributed by atoms with Crippen LogP contribution in [0.15, 0.2) is 64.1 Å². The van der Waals surface area contributed by atoms with Crippen molar-refractivity contribution < 1.29 is 14.3 Å². The van der Waals surface area contributed by atoms with Crippen LogP contribution in [0.2, 0.25) is 0 Å². The number of rotatable bonds is 6. The minimum Gasteiger partial charge on any atom is -0.493 e. The normalized spacial score (nSPS) is 12.4. The summed E-state index contributed by atoms with van der Waals surface area (Å²) < 4.78 is 11.9. The summed E-state index contributed by atoms with van der Waals surface area (Å²) in [6.45, 7) is 2.71. The predicted molar refractivity (Wildman–Crippen MR) is 136 cm³/mol. The summed E-state index contributed by atoms with van der Waals surface area (Å²) in [5, 5.41) is 5.77. The third-order valence-corrected chi connectivity index (χ3v) is 6.12. The van der Waals surface area contributed by atoms with Gasteiger partial charge in [0.1, 0.15) is 0 Å². The lowest BCUT2D eigenvalue weighted by Gasteiger charge is -2.20. The maximum atomic E-state index is 12.4. The molecule has 0 atom stereocenters. The Morgan fingerprint density at radius 3 is 2.42 bits per heavy atom. The molecule has 0 unspecified atom stereocenters. The first kappa shape index (κ1) is 22.9. The van der Waals surface area contributed by atoms with E-state index in [-0.39, 0.29) is 6.03 Å². The number of methoxy groups -OCH3 is 2. The first-order chi connectivity index (χ1) is 16.0. The van der Waals surface area contributed by atoms with Crippen molar-refractivity contribution in [1.82, 2.24) is 0 Å². The van der Waals surface area contributed by atoms with E-state index >= 15 is 0 Å². The number of aliphatic imine (C=N–C) groups is 1. The fraction of sp³-hybridized carbons (Fsp3) is 0.231. The highest BCUT2D eigenvalue weighted by atomic mass is 79.9. The zero-order valence-corrected chi connectivity index (χ0v) is 20.5. The van der Waals surface area contributed by atoms with Crippen LogP contribution >= 0.6 is 15.9 Å². The van der Waals surface area contributed by atoms with Crippen molar-refractivity contribution in [3.63, 3.8) is 0 Å². The number of carbonyl (C=O) groups is 1. The summed E-state index contributed by atoms with van der Waals surface area (Å²) in [6.07, 6.45) is 1.59. The Labute approximate surface area is 202 Å². The average Bonchev–Trinajstić information content (AvgIpc) is 2.81. The van der Waals surface area contributed by atoms with Gasteiger partial charge in [-0.1, -0.05) is 28.1 Å². The van der Waals surface area contributed by atoms with E-state index < -0.39 is 0 Å². The van der Waals surface area contributed by atoms with Gasteiger partial charge in [-0.3, -0.25) is 4.99 Å². The van der Waals surface area contributed by atoms with E-state index in [9.17, 15) is 4.79 Å². The molecule has 0 radical (unpaired) electrons. The Hall–Kier alpha value is -3.32. The smallest absolute Gasteiger partial charge is 0.323 e. The van der Waals surface area contributed by atoms with Gasteiger partial charge in [0.05, 0.1) is 14.2 Å². The molecule has 0 saturated heterocycles. The molecule has 0 saturated carbocycles. The largest absolute Gasteiger partial charge is 0.493 e. The van der Waals surface area contributed by atoms with Gasteiger partial charge in [-0.15, -0.1) is 0 Å². The highest BCUT2D eigenvalue weighted by Gasteiger charge is 2.18. The zero-order valence-electron chi connectivity index (χ0n) is 18.9. The summed E-state index contributed by atoms with van der Waals surface area (Å²) in [5.41, 5.74) is 6.95. The van der Waals surface area contributed by atoms with Gasteiger partial charge in [-0.05, 0) is 72.5 Å². The third kappa shape index (κ3) is 5.37. The molecule has 3 aromatic rings. The maximum Gasteiger partial charge on any atom is 0.323 e. The minimum atomic E-state index is -0.278. The van der Waals surface area contributed by atoms with Gasteiger partial charge in [0.15, 0.2) is 11.5 Å². The molecule has 0 aromatic heterocycles. The highest BCUT2D eigenvalue weighted by Crippen LogP contribution is 2.33. The first-order valence-corrected chi connectivity index (χ1v) is 11.5. The van der Waals surface area contributed by atoms with Gasteiger partial charge < -0.3 is 20.1 Å². The lowest BCUT2D eigenvalue weighted by Crippen LogP contribution is -2.20. The van der Waals surface area contributed by atoms with E-state index in [0.717, 1.165) is 57.0 Å². The number of aryl methyl sites for hydroxylation is 1. The number of nitrogens with zero attached hydrogens (tertiary/aromatic N) is 1. The number of ether oxygens (including phenoxy) is 2. The van der Waals surface area contributed by atoms with Crippen LogP contribution in [0, 0.1) is 6.92 Å². The Morgan fingerprint density at radius 2 is 1.73 bits per heavy atom. The predicted octanol–water partition coefficient (Wildman–Crippen LogP) is 6.01. The molecule has 1 aliphatic heterocycles. The van der Waals surface area contributed by atoms with E-state index in [1.807, 2.05) is 61.5 Å².